The van der Waals surface area contributed by atoms with E-state index in [4.69, 9.17) is 10.5 Å². The van der Waals surface area contributed by atoms with E-state index in [0.29, 0.717) is 6.61 Å². The van der Waals surface area contributed by atoms with Crippen LogP contribution in [0.15, 0.2) is 24.3 Å². The average Bonchev–Trinajstić information content (AvgIpc) is 2.41. The van der Waals surface area contributed by atoms with Gasteiger partial charge in [0.2, 0.25) is 0 Å². The Labute approximate surface area is 116 Å². The molecule has 2 rings (SSSR count). The van der Waals surface area contributed by atoms with Crippen molar-refractivity contribution >= 4 is 5.69 Å². The molecule has 0 amide bonds. The average molecular weight is 262 g/mol. The molecule has 3 nitrogen and oxygen atoms in total. The summed E-state index contributed by atoms with van der Waals surface area (Å²) in [5, 5.41) is 0. The monoisotopic (exact) mass is 262 g/mol. The Balaban J connectivity index is 1.74. The van der Waals surface area contributed by atoms with E-state index in [0.717, 1.165) is 29.9 Å². The number of likely N-dealkylation sites (N-methyl/N-ethyl adjacent to an activating group) is 1. The quantitative estimate of drug-likeness (QED) is 0.828. The molecule has 1 saturated carbocycles. The van der Waals surface area contributed by atoms with Crippen LogP contribution in [0.4, 0.5) is 5.69 Å². The molecule has 19 heavy (non-hydrogen) atoms. The van der Waals surface area contributed by atoms with Crippen LogP contribution in [0.3, 0.4) is 0 Å². The number of nitrogens with zero attached hydrogens (tertiary/aromatic N) is 1. The Morgan fingerprint density at radius 2 is 2.11 bits per heavy atom. The lowest BCUT2D eigenvalue weighted by molar-refractivity contribution is 0.141. The van der Waals surface area contributed by atoms with Gasteiger partial charge in [0.05, 0.1) is 5.69 Å². The zero-order chi connectivity index (χ0) is 13.7. The molecule has 1 fully saturated rings. The number of rotatable bonds is 5. The van der Waals surface area contributed by atoms with Gasteiger partial charge in [-0.15, -0.1) is 0 Å². The second-order valence-electron chi connectivity index (χ2n) is 5.79. The minimum absolute atomic E-state index is 0.704. The van der Waals surface area contributed by atoms with E-state index in [1.165, 1.54) is 25.7 Å². The van der Waals surface area contributed by atoms with Gasteiger partial charge in [-0.25, -0.2) is 0 Å². The lowest BCUT2D eigenvalue weighted by Gasteiger charge is -2.34. The summed E-state index contributed by atoms with van der Waals surface area (Å²) in [5.41, 5.74) is 6.58. The molecule has 1 aromatic carbocycles. The maximum Gasteiger partial charge on any atom is 0.142 e. The van der Waals surface area contributed by atoms with Crippen molar-refractivity contribution in [3.05, 3.63) is 24.3 Å². The Hall–Kier alpha value is -1.22. The van der Waals surface area contributed by atoms with Crippen molar-refractivity contribution in [2.75, 3.05) is 25.9 Å². The fourth-order valence-electron chi connectivity index (χ4n) is 2.90. The molecular weight excluding hydrogens is 236 g/mol. The number of nitrogen functional groups attached to an aromatic ring is 1. The highest BCUT2D eigenvalue weighted by atomic mass is 16.5. The van der Waals surface area contributed by atoms with Crippen molar-refractivity contribution in [1.82, 2.24) is 4.90 Å². The highest BCUT2D eigenvalue weighted by Crippen LogP contribution is 2.26. The number of ether oxygens (including phenoxy) is 1. The Bertz CT molecular complexity index is 394. The van der Waals surface area contributed by atoms with Crippen molar-refractivity contribution in [1.29, 1.82) is 0 Å². The van der Waals surface area contributed by atoms with Gasteiger partial charge in [0.25, 0.3) is 0 Å². The maximum atomic E-state index is 5.86. The first-order valence-corrected chi connectivity index (χ1v) is 7.34. The number of anilines is 1. The molecule has 1 aliphatic rings. The van der Waals surface area contributed by atoms with Crippen LogP contribution in [0.2, 0.25) is 0 Å². The second kappa shape index (κ2) is 6.80. The van der Waals surface area contributed by atoms with Crippen molar-refractivity contribution < 1.29 is 4.74 Å². The third kappa shape index (κ3) is 4.13. The fourth-order valence-corrected chi connectivity index (χ4v) is 2.90. The van der Waals surface area contributed by atoms with E-state index in [1.54, 1.807) is 0 Å². The smallest absolute Gasteiger partial charge is 0.142 e. The van der Waals surface area contributed by atoms with Crippen LogP contribution in [0.5, 0.6) is 5.75 Å². The van der Waals surface area contributed by atoms with Crippen molar-refractivity contribution in [2.45, 2.75) is 38.6 Å². The molecule has 0 radical (unpaired) electrons. The van der Waals surface area contributed by atoms with E-state index < -0.39 is 0 Å². The first-order valence-electron chi connectivity index (χ1n) is 7.34. The molecule has 2 unspecified atom stereocenters. The third-order valence-corrected chi connectivity index (χ3v) is 4.15. The summed E-state index contributed by atoms with van der Waals surface area (Å²) in [6.07, 6.45) is 5.41. The Morgan fingerprint density at radius 3 is 2.84 bits per heavy atom. The van der Waals surface area contributed by atoms with Gasteiger partial charge in [0.1, 0.15) is 12.4 Å². The number of nitrogens with two attached hydrogens (primary N) is 1. The van der Waals surface area contributed by atoms with Crippen LogP contribution in [0.1, 0.15) is 32.6 Å². The molecule has 1 aromatic rings. The lowest BCUT2D eigenvalue weighted by atomic mass is 9.86. The summed E-state index contributed by atoms with van der Waals surface area (Å²) in [6.45, 7) is 4.03. The van der Waals surface area contributed by atoms with Gasteiger partial charge in [0, 0.05) is 12.6 Å². The van der Waals surface area contributed by atoms with Gasteiger partial charge in [-0.1, -0.05) is 31.9 Å². The summed E-state index contributed by atoms with van der Waals surface area (Å²) >= 11 is 0. The molecule has 106 valence electrons. The highest BCUT2D eigenvalue weighted by molar-refractivity contribution is 5.51. The first-order chi connectivity index (χ1) is 9.16. The van der Waals surface area contributed by atoms with Crippen LogP contribution in [-0.4, -0.2) is 31.1 Å². The third-order valence-electron chi connectivity index (χ3n) is 4.15. The summed E-state index contributed by atoms with van der Waals surface area (Å²) in [4.78, 5) is 2.44. The Morgan fingerprint density at radius 1 is 1.32 bits per heavy atom. The molecule has 2 N–H and O–H groups in total. The SMILES string of the molecule is CC1CCCC(N(C)CCOc2ccccc2N)C1. The van der Waals surface area contributed by atoms with Crippen LogP contribution in [0.25, 0.3) is 0 Å². The predicted molar refractivity (Wildman–Crippen MR) is 80.4 cm³/mol. The zero-order valence-electron chi connectivity index (χ0n) is 12.1. The van der Waals surface area contributed by atoms with Crippen molar-refractivity contribution in [3.8, 4) is 5.75 Å². The van der Waals surface area contributed by atoms with Gasteiger partial charge in [-0.2, -0.15) is 0 Å². The van der Waals surface area contributed by atoms with Crippen LogP contribution in [-0.2, 0) is 0 Å². The van der Waals surface area contributed by atoms with Gasteiger partial charge >= 0.3 is 0 Å². The molecule has 0 aromatic heterocycles. The van der Waals surface area contributed by atoms with E-state index in [9.17, 15) is 0 Å². The lowest BCUT2D eigenvalue weighted by Crippen LogP contribution is -2.38. The standard InChI is InChI=1S/C16H26N2O/c1-13-6-5-7-14(12-13)18(2)10-11-19-16-9-4-3-8-15(16)17/h3-4,8-9,13-14H,5-7,10-12,17H2,1-2H3. The minimum atomic E-state index is 0.704. The molecule has 0 spiro atoms. The zero-order valence-corrected chi connectivity index (χ0v) is 12.1. The molecule has 0 aliphatic heterocycles. The van der Waals surface area contributed by atoms with E-state index >= 15 is 0 Å². The van der Waals surface area contributed by atoms with Crippen molar-refractivity contribution in [2.24, 2.45) is 5.92 Å². The number of para-hydroxylation sites is 2. The summed E-state index contributed by atoms with van der Waals surface area (Å²) in [5.74, 6) is 1.67. The van der Waals surface area contributed by atoms with Crippen LogP contribution >= 0.6 is 0 Å². The predicted octanol–water partition coefficient (Wildman–Crippen LogP) is 3.16. The summed E-state index contributed by atoms with van der Waals surface area (Å²) < 4.78 is 5.76. The van der Waals surface area contributed by atoms with E-state index in [2.05, 4.69) is 18.9 Å². The summed E-state index contributed by atoms with van der Waals surface area (Å²) in [6, 6.07) is 8.41. The molecule has 3 heteroatoms. The van der Waals surface area contributed by atoms with Crippen LogP contribution < -0.4 is 10.5 Å². The number of hydrogen-bond acceptors (Lipinski definition) is 3. The second-order valence-corrected chi connectivity index (χ2v) is 5.79. The van der Waals surface area contributed by atoms with Crippen molar-refractivity contribution in [3.63, 3.8) is 0 Å². The van der Waals surface area contributed by atoms with Gasteiger partial charge in [-0.05, 0) is 37.9 Å². The molecule has 0 heterocycles. The molecular formula is C16H26N2O. The molecule has 0 bridgehead atoms. The fraction of sp³-hybridized carbons (Fsp3) is 0.625. The van der Waals surface area contributed by atoms with E-state index in [-0.39, 0.29) is 0 Å². The molecule has 2 atom stereocenters. The maximum absolute atomic E-state index is 5.86. The topological polar surface area (TPSA) is 38.5 Å². The molecule has 1 aliphatic carbocycles. The highest BCUT2D eigenvalue weighted by Gasteiger charge is 2.21. The van der Waals surface area contributed by atoms with E-state index in [1.807, 2.05) is 24.3 Å². The molecule has 0 saturated heterocycles. The normalized spacial score (nSPS) is 23.5. The number of hydrogen-bond donors (Lipinski definition) is 1. The van der Waals surface area contributed by atoms with Gasteiger partial charge < -0.3 is 15.4 Å². The first kappa shape index (κ1) is 14.2. The number of benzene rings is 1. The van der Waals surface area contributed by atoms with Gasteiger partial charge in [0.15, 0.2) is 0 Å². The van der Waals surface area contributed by atoms with Crippen LogP contribution in [0, 0.1) is 5.92 Å². The van der Waals surface area contributed by atoms with Gasteiger partial charge in [-0.3, -0.25) is 0 Å². The minimum Gasteiger partial charge on any atom is -0.490 e. The largest absolute Gasteiger partial charge is 0.490 e. The Kier molecular flexibility index (Phi) is 5.08. The summed E-state index contributed by atoms with van der Waals surface area (Å²) in [7, 11) is 2.21.